The third kappa shape index (κ3) is 5.90. The Morgan fingerprint density at radius 2 is 1.65 bits per heavy atom. The van der Waals surface area contributed by atoms with Gasteiger partial charge >= 0.3 is 0 Å². The molecule has 0 spiro atoms. The smallest absolute Gasteiger partial charge is 0.287 e. The second-order valence-electron chi connectivity index (χ2n) is 8.55. The van der Waals surface area contributed by atoms with Crippen molar-refractivity contribution in [3.05, 3.63) is 95.3 Å². The minimum absolute atomic E-state index is 0.227. The van der Waals surface area contributed by atoms with E-state index in [1.807, 2.05) is 42.5 Å². The lowest BCUT2D eigenvalue weighted by Gasteiger charge is -2.22. The lowest BCUT2D eigenvalue weighted by atomic mass is 10.1. The van der Waals surface area contributed by atoms with E-state index in [0.717, 1.165) is 22.6 Å². The standard InChI is InChI=1S/C28H28N2O7/c1-32-23-8-5-19(12-26(23)33-2)15-30(16-20-6-9-24-27(13-20)36-18-35-24)17-22-7-10-25(37-22)28(31)29-14-21-4-3-11-34-21/h3-13H,14-18H2,1-2H3,(H,29,31). The third-order valence-electron chi connectivity index (χ3n) is 5.97. The molecule has 0 fully saturated rings. The summed E-state index contributed by atoms with van der Waals surface area (Å²) >= 11 is 0. The molecule has 2 aromatic carbocycles. The zero-order valence-electron chi connectivity index (χ0n) is 20.7. The van der Waals surface area contributed by atoms with Gasteiger partial charge in [-0.3, -0.25) is 9.69 Å². The van der Waals surface area contributed by atoms with E-state index < -0.39 is 0 Å². The molecule has 3 heterocycles. The quantitative estimate of drug-likeness (QED) is 0.313. The van der Waals surface area contributed by atoms with Gasteiger partial charge in [-0.05, 0) is 59.7 Å². The highest BCUT2D eigenvalue weighted by atomic mass is 16.7. The van der Waals surface area contributed by atoms with E-state index in [1.165, 1.54) is 0 Å². The summed E-state index contributed by atoms with van der Waals surface area (Å²) in [6.45, 7) is 2.22. The number of hydrogen-bond acceptors (Lipinski definition) is 8. The van der Waals surface area contributed by atoms with Crippen LogP contribution in [0.1, 0.15) is 33.2 Å². The van der Waals surface area contributed by atoms with Gasteiger partial charge in [0.15, 0.2) is 28.8 Å². The van der Waals surface area contributed by atoms with Crippen LogP contribution in [-0.4, -0.2) is 31.8 Å². The molecule has 0 saturated carbocycles. The summed E-state index contributed by atoms with van der Waals surface area (Å²) in [4.78, 5) is 14.8. The molecule has 9 nitrogen and oxygen atoms in total. The van der Waals surface area contributed by atoms with Gasteiger partial charge in [0.25, 0.3) is 5.91 Å². The van der Waals surface area contributed by atoms with Gasteiger partial charge in [-0.2, -0.15) is 0 Å². The van der Waals surface area contributed by atoms with Crippen LogP contribution in [0.3, 0.4) is 0 Å². The lowest BCUT2D eigenvalue weighted by molar-refractivity contribution is 0.0915. The van der Waals surface area contributed by atoms with Crippen LogP contribution in [0.15, 0.2) is 75.8 Å². The molecule has 5 rings (SSSR count). The second kappa shape index (κ2) is 11.1. The molecule has 2 aromatic heterocycles. The molecule has 9 heteroatoms. The number of fused-ring (bicyclic) bond motifs is 1. The van der Waals surface area contributed by atoms with Crippen molar-refractivity contribution in [1.29, 1.82) is 0 Å². The van der Waals surface area contributed by atoms with Crippen molar-refractivity contribution < 1.29 is 32.6 Å². The first-order valence-corrected chi connectivity index (χ1v) is 11.8. The molecule has 4 aromatic rings. The topological polar surface area (TPSA) is 95.5 Å². The highest BCUT2D eigenvalue weighted by Gasteiger charge is 2.18. The van der Waals surface area contributed by atoms with E-state index in [-0.39, 0.29) is 25.0 Å². The fourth-order valence-corrected chi connectivity index (χ4v) is 4.18. The second-order valence-corrected chi connectivity index (χ2v) is 8.55. The number of rotatable bonds is 11. The Hall–Kier alpha value is -4.37. The highest BCUT2D eigenvalue weighted by Crippen LogP contribution is 2.33. The molecule has 0 aliphatic carbocycles. The van der Waals surface area contributed by atoms with Gasteiger partial charge in [0.05, 0.1) is 33.6 Å². The third-order valence-corrected chi connectivity index (χ3v) is 5.97. The minimum atomic E-state index is -0.301. The summed E-state index contributed by atoms with van der Waals surface area (Å²) in [6.07, 6.45) is 1.57. The summed E-state index contributed by atoms with van der Waals surface area (Å²) in [7, 11) is 3.23. The molecular weight excluding hydrogens is 476 g/mol. The Balaban J connectivity index is 1.32. The predicted octanol–water partition coefficient (Wildman–Crippen LogP) is 4.75. The van der Waals surface area contributed by atoms with Crippen LogP contribution in [0.2, 0.25) is 0 Å². The first kappa shape index (κ1) is 24.3. The van der Waals surface area contributed by atoms with Crippen molar-refractivity contribution in [3.63, 3.8) is 0 Å². The first-order valence-electron chi connectivity index (χ1n) is 11.8. The maximum absolute atomic E-state index is 12.5. The molecule has 1 aliphatic heterocycles. The van der Waals surface area contributed by atoms with Crippen LogP contribution in [0, 0.1) is 0 Å². The number of benzene rings is 2. The van der Waals surface area contributed by atoms with E-state index in [0.29, 0.717) is 42.7 Å². The molecule has 0 radical (unpaired) electrons. The molecule has 192 valence electrons. The number of nitrogens with one attached hydrogen (secondary N) is 1. The fraction of sp³-hybridized carbons (Fsp3) is 0.250. The zero-order valence-corrected chi connectivity index (χ0v) is 20.7. The van der Waals surface area contributed by atoms with Crippen LogP contribution in [0.4, 0.5) is 0 Å². The molecular formula is C28H28N2O7. The van der Waals surface area contributed by atoms with Crippen LogP contribution < -0.4 is 24.3 Å². The summed E-state index contributed by atoms with van der Waals surface area (Å²) in [5.41, 5.74) is 2.11. The largest absolute Gasteiger partial charge is 0.493 e. The number of nitrogens with zero attached hydrogens (tertiary/aromatic N) is 1. The number of furan rings is 2. The Kier molecular flexibility index (Phi) is 7.32. The molecule has 0 unspecified atom stereocenters. The molecule has 1 N–H and O–H groups in total. The van der Waals surface area contributed by atoms with Crippen molar-refractivity contribution in [2.45, 2.75) is 26.2 Å². The predicted molar refractivity (Wildman–Crippen MR) is 134 cm³/mol. The average Bonchev–Trinajstić information content (AvgIpc) is 3.69. The van der Waals surface area contributed by atoms with Crippen LogP contribution in [0.25, 0.3) is 0 Å². The van der Waals surface area contributed by atoms with Crippen molar-refractivity contribution >= 4 is 5.91 Å². The van der Waals surface area contributed by atoms with Gasteiger partial charge < -0.3 is 33.1 Å². The molecule has 0 atom stereocenters. The normalized spacial score (nSPS) is 12.1. The molecule has 1 amide bonds. The van der Waals surface area contributed by atoms with Gasteiger partial charge in [0.2, 0.25) is 6.79 Å². The molecule has 37 heavy (non-hydrogen) atoms. The van der Waals surface area contributed by atoms with Crippen LogP contribution in [0.5, 0.6) is 23.0 Å². The van der Waals surface area contributed by atoms with Gasteiger partial charge in [-0.1, -0.05) is 12.1 Å². The van der Waals surface area contributed by atoms with Gasteiger partial charge in [0, 0.05) is 13.1 Å². The maximum atomic E-state index is 12.5. The number of amides is 1. The van der Waals surface area contributed by atoms with E-state index in [9.17, 15) is 4.79 Å². The highest BCUT2D eigenvalue weighted by molar-refractivity contribution is 5.91. The zero-order chi connectivity index (χ0) is 25.6. The maximum Gasteiger partial charge on any atom is 0.287 e. The number of hydrogen-bond donors (Lipinski definition) is 1. The monoisotopic (exact) mass is 504 g/mol. The minimum Gasteiger partial charge on any atom is -0.493 e. The fourth-order valence-electron chi connectivity index (χ4n) is 4.18. The number of ether oxygens (including phenoxy) is 4. The van der Waals surface area contributed by atoms with Crippen LogP contribution in [-0.2, 0) is 26.2 Å². The van der Waals surface area contributed by atoms with Gasteiger partial charge in [0.1, 0.15) is 11.5 Å². The van der Waals surface area contributed by atoms with E-state index in [2.05, 4.69) is 10.2 Å². The van der Waals surface area contributed by atoms with E-state index in [1.54, 1.807) is 38.7 Å². The summed E-state index contributed by atoms with van der Waals surface area (Å²) in [5.74, 6) is 4.10. The van der Waals surface area contributed by atoms with E-state index in [4.69, 9.17) is 27.8 Å². The molecule has 1 aliphatic rings. The number of carbonyl (C=O) groups excluding carboxylic acids is 1. The lowest BCUT2D eigenvalue weighted by Crippen LogP contribution is -2.23. The van der Waals surface area contributed by atoms with Crippen LogP contribution >= 0.6 is 0 Å². The number of methoxy groups -OCH3 is 2. The number of carbonyl (C=O) groups is 1. The summed E-state index contributed by atoms with van der Waals surface area (Å²) in [5, 5.41) is 2.80. The van der Waals surface area contributed by atoms with Crippen molar-refractivity contribution in [3.8, 4) is 23.0 Å². The molecule has 0 bridgehead atoms. The van der Waals surface area contributed by atoms with Gasteiger partial charge in [-0.15, -0.1) is 0 Å². The van der Waals surface area contributed by atoms with E-state index >= 15 is 0 Å². The Morgan fingerprint density at radius 3 is 2.43 bits per heavy atom. The Labute approximate surface area is 214 Å². The van der Waals surface area contributed by atoms with Crippen molar-refractivity contribution in [2.24, 2.45) is 0 Å². The first-order chi connectivity index (χ1) is 18.1. The Morgan fingerprint density at radius 1 is 0.865 bits per heavy atom. The SMILES string of the molecule is COc1ccc(CN(Cc2ccc3c(c2)OCO3)Cc2ccc(C(=O)NCc3ccco3)o2)cc1OC. The molecule has 0 saturated heterocycles. The van der Waals surface area contributed by atoms with Crippen molar-refractivity contribution in [2.75, 3.05) is 21.0 Å². The van der Waals surface area contributed by atoms with Crippen molar-refractivity contribution in [1.82, 2.24) is 10.2 Å². The van der Waals surface area contributed by atoms with Gasteiger partial charge in [-0.25, -0.2) is 0 Å². The summed E-state index contributed by atoms with van der Waals surface area (Å²) in [6, 6.07) is 18.9. The summed E-state index contributed by atoms with van der Waals surface area (Å²) < 4.78 is 33.0. The Bertz CT molecular complexity index is 1350. The average molecular weight is 505 g/mol.